The molecule has 1 atom stereocenters. The van der Waals surface area contributed by atoms with Crippen molar-refractivity contribution in [2.75, 3.05) is 0 Å². The monoisotopic (exact) mass is 318 g/mol. The summed E-state index contributed by atoms with van der Waals surface area (Å²) >= 11 is 3.45. The molecule has 0 N–H and O–H groups in total. The van der Waals surface area contributed by atoms with Crippen LogP contribution in [0.25, 0.3) is 0 Å². The summed E-state index contributed by atoms with van der Waals surface area (Å²) in [6, 6.07) is 18.7. The van der Waals surface area contributed by atoms with Crippen molar-refractivity contribution < 1.29 is 4.74 Å². The molecule has 2 rings (SSSR count). The predicted molar refractivity (Wildman–Crippen MR) is 83.0 cm³/mol. The highest BCUT2D eigenvalue weighted by Gasteiger charge is 2.24. The van der Waals surface area contributed by atoms with Crippen LogP contribution in [0.5, 0.6) is 0 Å². The van der Waals surface area contributed by atoms with Gasteiger partial charge in [-0.15, -0.1) is 0 Å². The fourth-order valence-electron chi connectivity index (χ4n) is 2.00. The van der Waals surface area contributed by atoms with Crippen molar-refractivity contribution in [3.63, 3.8) is 0 Å². The smallest absolute Gasteiger partial charge is 0.0905 e. The van der Waals surface area contributed by atoms with E-state index < -0.39 is 0 Å². The molecule has 0 heterocycles. The van der Waals surface area contributed by atoms with E-state index in [9.17, 15) is 0 Å². The first kappa shape index (κ1) is 14.3. The molecule has 0 radical (unpaired) electrons. The molecule has 0 saturated carbocycles. The van der Waals surface area contributed by atoms with E-state index in [1.165, 1.54) is 11.1 Å². The van der Waals surface area contributed by atoms with Gasteiger partial charge in [-0.1, -0.05) is 65.3 Å². The molecule has 0 aliphatic carbocycles. The molecule has 2 heteroatoms. The van der Waals surface area contributed by atoms with Crippen molar-refractivity contribution in [3.8, 4) is 0 Å². The van der Waals surface area contributed by atoms with E-state index in [1.54, 1.807) is 0 Å². The summed E-state index contributed by atoms with van der Waals surface area (Å²) in [4.78, 5) is 0. The lowest BCUT2D eigenvalue weighted by atomic mass is 9.93. The van der Waals surface area contributed by atoms with E-state index in [-0.39, 0.29) is 5.60 Å². The summed E-state index contributed by atoms with van der Waals surface area (Å²) in [5.74, 6) is 0. The Hall–Kier alpha value is -1.12. The average molecular weight is 319 g/mol. The van der Waals surface area contributed by atoms with Crippen LogP contribution in [0.3, 0.4) is 0 Å². The zero-order chi connectivity index (χ0) is 13.7. The van der Waals surface area contributed by atoms with Gasteiger partial charge in [0.25, 0.3) is 0 Å². The van der Waals surface area contributed by atoms with Gasteiger partial charge in [0.05, 0.1) is 12.2 Å². The normalized spacial score (nSPS) is 14.1. The summed E-state index contributed by atoms with van der Waals surface area (Å²) < 4.78 is 7.27. The Labute approximate surface area is 123 Å². The van der Waals surface area contributed by atoms with Gasteiger partial charge in [0.15, 0.2) is 0 Å². The maximum Gasteiger partial charge on any atom is 0.0905 e. The molecule has 2 aromatic carbocycles. The van der Waals surface area contributed by atoms with E-state index >= 15 is 0 Å². The van der Waals surface area contributed by atoms with Crippen LogP contribution in [0.1, 0.15) is 31.4 Å². The van der Waals surface area contributed by atoms with Crippen molar-refractivity contribution >= 4 is 15.9 Å². The number of rotatable bonds is 5. The minimum absolute atomic E-state index is 0.228. The third-order valence-electron chi connectivity index (χ3n) is 3.53. The molecular weight excluding hydrogens is 300 g/mol. The van der Waals surface area contributed by atoms with Crippen LogP contribution in [-0.4, -0.2) is 0 Å². The summed E-state index contributed by atoms with van der Waals surface area (Å²) in [5.41, 5.74) is 2.20. The van der Waals surface area contributed by atoms with Crippen molar-refractivity contribution in [3.05, 3.63) is 70.2 Å². The van der Waals surface area contributed by atoms with Gasteiger partial charge in [-0.2, -0.15) is 0 Å². The molecule has 0 fully saturated rings. The maximum atomic E-state index is 6.18. The first-order valence-corrected chi connectivity index (χ1v) is 7.37. The van der Waals surface area contributed by atoms with Crippen LogP contribution >= 0.6 is 15.9 Å². The predicted octanol–water partition coefficient (Wildman–Crippen LogP) is 5.29. The lowest BCUT2D eigenvalue weighted by Gasteiger charge is -2.29. The van der Waals surface area contributed by atoms with Crippen LogP contribution < -0.4 is 0 Å². The molecule has 19 heavy (non-hydrogen) atoms. The van der Waals surface area contributed by atoms with E-state index in [0.29, 0.717) is 6.61 Å². The number of halogens is 1. The molecule has 0 aromatic heterocycles. The van der Waals surface area contributed by atoms with Crippen molar-refractivity contribution in [2.24, 2.45) is 0 Å². The van der Waals surface area contributed by atoms with Crippen LogP contribution in [0, 0.1) is 0 Å². The summed E-state index contributed by atoms with van der Waals surface area (Å²) in [5, 5.41) is 0. The molecule has 0 aliphatic heterocycles. The SMILES string of the molecule is CCC(C)(OCc1ccc(Br)cc1)c1ccccc1. The second kappa shape index (κ2) is 6.36. The highest BCUT2D eigenvalue weighted by atomic mass is 79.9. The van der Waals surface area contributed by atoms with Gasteiger partial charge in [0.2, 0.25) is 0 Å². The Morgan fingerprint density at radius 2 is 1.63 bits per heavy atom. The van der Waals surface area contributed by atoms with Crippen LogP contribution in [0.4, 0.5) is 0 Å². The lowest BCUT2D eigenvalue weighted by molar-refractivity contribution is -0.0509. The molecular formula is C17H19BrO. The molecule has 0 amide bonds. The van der Waals surface area contributed by atoms with E-state index in [2.05, 4.69) is 66.2 Å². The fraction of sp³-hybridized carbons (Fsp3) is 0.294. The quantitative estimate of drug-likeness (QED) is 0.727. The van der Waals surface area contributed by atoms with Crippen molar-refractivity contribution in [1.82, 2.24) is 0 Å². The zero-order valence-corrected chi connectivity index (χ0v) is 13.0. The van der Waals surface area contributed by atoms with Gasteiger partial charge in [0.1, 0.15) is 0 Å². The summed E-state index contributed by atoms with van der Waals surface area (Å²) in [7, 11) is 0. The summed E-state index contributed by atoms with van der Waals surface area (Å²) in [6.07, 6.45) is 0.952. The van der Waals surface area contributed by atoms with Crippen molar-refractivity contribution in [2.45, 2.75) is 32.5 Å². The minimum Gasteiger partial charge on any atom is -0.366 e. The molecule has 0 saturated heterocycles. The average Bonchev–Trinajstić information content (AvgIpc) is 2.47. The number of hydrogen-bond acceptors (Lipinski definition) is 1. The van der Waals surface area contributed by atoms with Gasteiger partial charge in [0, 0.05) is 4.47 Å². The Bertz CT molecular complexity index is 507. The Morgan fingerprint density at radius 1 is 1.00 bits per heavy atom. The first-order valence-electron chi connectivity index (χ1n) is 6.58. The molecule has 100 valence electrons. The molecule has 2 aromatic rings. The highest BCUT2D eigenvalue weighted by molar-refractivity contribution is 9.10. The topological polar surface area (TPSA) is 9.23 Å². The second-order valence-corrected chi connectivity index (χ2v) is 5.78. The van der Waals surface area contributed by atoms with Gasteiger partial charge in [-0.3, -0.25) is 0 Å². The Balaban J connectivity index is 2.09. The van der Waals surface area contributed by atoms with Gasteiger partial charge >= 0.3 is 0 Å². The first-order chi connectivity index (χ1) is 9.14. The van der Waals surface area contributed by atoms with Crippen LogP contribution in [0.15, 0.2) is 59.1 Å². The van der Waals surface area contributed by atoms with Crippen LogP contribution in [-0.2, 0) is 16.9 Å². The van der Waals surface area contributed by atoms with E-state index in [1.807, 2.05) is 18.2 Å². The van der Waals surface area contributed by atoms with E-state index in [0.717, 1.165) is 10.9 Å². The maximum absolute atomic E-state index is 6.18. The van der Waals surface area contributed by atoms with Gasteiger partial charge in [-0.05, 0) is 36.6 Å². The minimum atomic E-state index is -0.228. The van der Waals surface area contributed by atoms with Gasteiger partial charge < -0.3 is 4.74 Å². The van der Waals surface area contributed by atoms with Crippen molar-refractivity contribution in [1.29, 1.82) is 0 Å². The highest BCUT2D eigenvalue weighted by Crippen LogP contribution is 2.30. The summed E-state index contributed by atoms with van der Waals surface area (Å²) in [6.45, 7) is 4.95. The standard InChI is InChI=1S/C17H19BrO/c1-3-17(2,15-7-5-4-6-8-15)19-13-14-9-11-16(18)12-10-14/h4-12H,3,13H2,1-2H3. The van der Waals surface area contributed by atoms with E-state index in [4.69, 9.17) is 4.74 Å². The molecule has 0 bridgehead atoms. The molecule has 0 spiro atoms. The van der Waals surface area contributed by atoms with Gasteiger partial charge in [-0.25, -0.2) is 0 Å². The fourth-order valence-corrected chi connectivity index (χ4v) is 2.27. The third kappa shape index (κ3) is 3.68. The third-order valence-corrected chi connectivity index (χ3v) is 4.06. The molecule has 1 unspecified atom stereocenters. The lowest BCUT2D eigenvalue weighted by Crippen LogP contribution is -2.24. The number of benzene rings is 2. The molecule has 0 aliphatic rings. The Kier molecular flexibility index (Phi) is 4.78. The largest absolute Gasteiger partial charge is 0.366 e. The van der Waals surface area contributed by atoms with Crippen LogP contribution in [0.2, 0.25) is 0 Å². The Morgan fingerprint density at radius 3 is 2.21 bits per heavy atom. The number of ether oxygens (including phenoxy) is 1. The second-order valence-electron chi connectivity index (χ2n) is 4.87. The molecule has 1 nitrogen and oxygen atoms in total. The zero-order valence-electron chi connectivity index (χ0n) is 11.4. The number of hydrogen-bond donors (Lipinski definition) is 0.